The van der Waals surface area contributed by atoms with E-state index in [-0.39, 0.29) is 23.1 Å². The second kappa shape index (κ2) is 13.4. The molecule has 3 fully saturated rings. The van der Waals surface area contributed by atoms with Crippen LogP contribution in [0.25, 0.3) is 10.9 Å². The lowest BCUT2D eigenvalue weighted by Crippen LogP contribution is -2.36. The number of rotatable bonds is 6. The Morgan fingerprint density at radius 2 is 1.91 bits per heavy atom. The van der Waals surface area contributed by atoms with Gasteiger partial charge in [0.05, 0.1) is 47.2 Å². The molecular weight excluding hydrogens is 571 g/mol. The summed E-state index contributed by atoms with van der Waals surface area (Å²) in [5.41, 5.74) is 2.47. The molecule has 2 aromatic carbocycles. The number of nitrogens with one attached hydrogen (secondary N) is 2. The SMILES string of the molecule is CN1CCC(C#Cc2cc3ncnc(Nc4ccc(F)c(Cl)c4)c3cc2NC(=O)C=CCN2CC3OCCOC3C2)CC1. The molecule has 2 atom stereocenters. The number of benzene rings is 2. The molecule has 3 aliphatic heterocycles. The third-order valence-electron chi connectivity index (χ3n) is 8.02. The normalized spacial score (nSPS) is 21.5. The molecular formula is C32H34ClFN6O3. The smallest absolute Gasteiger partial charge is 0.248 e. The second-order valence-corrected chi connectivity index (χ2v) is 11.6. The minimum atomic E-state index is -0.504. The van der Waals surface area contributed by atoms with E-state index in [1.165, 1.54) is 18.5 Å². The Balaban J connectivity index is 1.24. The van der Waals surface area contributed by atoms with Crippen LogP contribution in [0.2, 0.25) is 5.02 Å². The summed E-state index contributed by atoms with van der Waals surface area (Å²) in [6.45, 7) is 5.47. The molecule has 11 heteroatoms. The highest BCUT2D eigenvalue weighted by Crippen LogP contribution is 2.30. The Labute approximate surface area is 255 Å². The molecule has 2 unspecified atom stereocenters. The minimum absolute atomic E-state index is 0.00214. The molecule has 1 amide bonds. The molecule has 224 valence electrons. The summed E-state index contributed by atoms with van der Waals surface area (Å²) in [5, 5.41) is 6.89. The van der Waals surface area contributed by atoms with E-state index >= 15 is 0 Å². The molecule has 4 heterocycles. The number of piperidine rings is 1. The number of amides is 1. The summed E-state index contributed by atoms with van der Waals surface area (Å²) in [5.74, 6) is 6.76. The fourth-order valence-electron chi connectivity index (χ4n) is 5.62. The predicted octanol–water partition coefficient (Wildman–Crippen LogP) is 4.45. The highest BCUT2D eigenvalue weighted by atomic mass is 35.5. The van der Waals surface area contributed by atoms with Gasteiger partial charge in [0.1, 0.15) is 18.0 Å². The van der Waals surface area contributed by atoms with Gasteiger partial charge in [0.15, 0.2) is 0 Å². The van der Waals surface area contributed by atoms with Gasteiger partial charge in [-0.05, 0) is 63.3 Å². The van der Waals surface area contributed by atoms with Gasteiger partial charge >= 0.3 is 0 Å². The van der Waals surface area contributed by atoms with E-state index in [1.807, 2.05) is 18.2 Å². The molecule has 3 saturated heterocycles. The summed E-state index contributed by atoms with van der Waals surface area (Å²) in [6.07, 6.45) is 7.05. The van der Waals surface area contributed by atoms with Gasteiger partial charge in [-0.3, -0.25) is 9.69 Å². The molecule has 0 saturated carbocycles. The van der Waals surface area contributed by atoms with Crippen LogP contribution < -0.4 is 10.6 Å². The fourth-order valence-corrected chi connectivity index (χ4v) is 5.80. The molecule has 1 aromatic heterocycles. The number of likely N-dealkylation sites (tertiary alicyclic amines) is 2. The molecule has 0 bridgehead atoms. The van der Waals surface area contributed by atoms with Crippen LogP contribution in [0.15, 0.2) is 48.8 Å². The number of hydrogen-bond acceptors (Lipinski definition) is 8. The summed E-state index contributed by atoms with van der Waals surface area (Å²) < 4.78 is 25.3. The monoisotopic (exact) mass is 604 g/mol. The topological polar surface area (TPSA) is 91.9 Å². The first-order chi connectivity index (χ1) is 20.9. The van der Waals surface area contributed by atoms with Gasteiger partial charge in [-0.25, -0.2) is 14.4 Å². The van der Waals surface area contributed by atoms with Gasteiger partial charge in [0, 0.05) is 42.7 Å². The van der Waals surface area contributed by atoms with Crippen LogP contribution in [0.3, 0.4) is 0 Å². The highest BCUT2D eigenvalue weighted by molar-refractivity contribution is 6.31. The average Bonchev–Trinajstić information content (AvgIpc) is 3.42. The quantitative estimate of drug-likeness (QED) is 0.315. The predicted molar refractivity (Wildman–Crippen MR) is 165 cm³/mol. The van der Waals surface area contributed by atoms with E-state index in [0.29, 0.717) is 59.3 Å². The van der Waals surface area contributed by atoms with Crippen LogP contribution in [0.5, 0.6) is 0 Å². The van der Waals surface area contributed by atoms with E-state index in [9.17, 15) is 9.18 Å². The van der Waals surface area contributed by atoms with Crippen molar-refractivity contribution in [1.82, 2.24) is 19.8 Å². The Morgan fingerprint density at radius 1 is 1.14 bits per heavy atom. The Bertz CT molecular complexity index is 1570. The van der Waals surface area contributed by atoms with Crippen LogP contribution in [0.4, 0.5) is 21.6 Å². The maximum Gasteiger partial charge on any atom is 0.248 e. The second-order valence-electron chi connectivity index (χ2n) is 11.2. The number of carbonyl (C=O) groups excluding carboxylic acids is 1. The first-order valence-electron chi connectivity index (χ1n) is 14.6. The standard InChI is InChI=1S/C32H34ClFN6O3/c1-39-11-8-21(9-12-39)4-5-22-15-28-24(32(36-20-35-28)37-23-6-7-26(34)25(33)16-23)17-27(22)38-31(41)3-2-10-40-18-29-30(19-40)43-14-13-42-29/h2-3,6-7,15-17,20-21,29-30H,8-14,18-19H2,1H3,(H,38,41)(H,35,36,37). The van der Waals surface area contributed by atoms with Crippen molar-refractivity contribution >= 4 is 45.6 Å². The van der Waals surface area contributed by atoms with E-state index in [2.05, 4.69) is 49.3 Å². The highest BCUT2D eigenvalue weighted by Gasteiger charge is 2.35. The van der Waals surface area contributed by atoms with Crippen LogP contribution in [-0.4, -0.2) is 90.9 Å². The van der Waals surface area contributed by atoms with Gasteiger partial charge in [-0.15, -0.1) is 0 Å². The number of anilines is 3. The van der Waals surface area contributed by atoms with Gasteiger partial charge in [0.2, 0.25) is 5.91 Å². The number of carbonyl (C=O) groups is 1. The number of aromatic nitrogens is 2. The van der Waals surface area contributed by atoms with Crippen molar-refractivity contribution in [2.24, 2.45) is 5.92 Å². The van der Waals surface area contributed by atoms with E-state index in [0.717, 1.165) is 39.0 Å². The lowest BCUT2D eigenvalue weighted by molar-refractivity contribution is -0.116. The lowest BCUT2D eigenvalue weighted by Gasteiger charge is -2.25. The van der Waals surface area contributed by atoms with Gasteiger partial charge in [-0.1, -0.05) is 29.5 Å². The number of ether oxygens (including phenoxy) is 2. The van der Waals surface area contributed by atoms with Crippen molar-refractivity contribution in [3.8, 4) is 11.8 Å². The molecule has 3 aliphatic rings. The van der Waals surface area contributed by atoms with Gasteiger partial charge in [-0.2, -0.15) is 0 Å². The molecule has 6 rings (SSSR count). The zero-order chi connectivity index (χ0) is 29.8. The molecule has 0 spiro atoms. The zero-order valence-corrected chi connectivity index (χ0v) is 24.7. The Kier molecular flexibility index (Phi) is 9.17. The largest absolute Gasteiger partial charge is 0.372 e. The Hall–Kier alpha value is -3.59. The van der Waals surface area contributed by atoms with Crippen LogP contribution in [0, 0.1) is 23.6 Å². The third-order valence-corrected chi connectivity index (χ3v) is 8.30. The van der Waals surface area contributed by atoms with Crippen molar-refractivity contribution in [2.75, 3.05) is 63.6 Å². The Morgan fingerprint density at radius 3 is 2.65 bits per heavy atom. The average molecular weight is 605 g/mol. The number of hydrogen-bond donors (Lipinski definition) is 2. The van der Waals surface area contributed by atoms with Crippen molar-refractivity contribution in [1.29, 1.82) is 0 Å². The maximum absolute atomic E-state index is 13.7. The van der Waals surface area contributed by atoms with Crippen molar-refractivity contribution < 1.29 is 18.7 Å². The summed E-state index contributed by atoms with van der Waals surface area (Å²) in [7, 11) is 2.12. The van der Waals surface area contributed by atoms with Crippen LogP contribution in [0.1, 0.15) is 18.4 Å². The molecule has 9 nitrogen and oxygen atoms in total. The van der Waals surface area contributed by atoms with Gasteiger partial charge < -0.3 is 25.0 Å². The number of nitrogens with zero attached hydrogens (tertiary/aromatic N) is 4. The number of halogens is 2. The first-order valence-corrected chi connectivity index (χ1v) is 14.9. The molecule has 3 aromatic rings. The van der Waals surface area contributed by atoms with Crippen molar-refractivity contribution in [3.05, 3.63) is 65.2 Å². The van der Waals surface area contributed by atoms with E-state index < -0.39 is 5.82 Å². The summed E-state index contributed by atoms with van der Waals surface area (Å²) >= 11 is 5.99. The third kappa shape index (κ3) is 7.32. The van der Waals surface area contributed by atoms with Gasteiger partial charge in [0.25, 0.3) is 0 Å². The molecule has 2 N–H and O–H groups in total. The fraction of sp³-hybridized carbons (Fsp3) is 0.406. The van der Waals surface area contributed by atoms with Crippen LogP contribution in [-0.2, 0) is 14.3 Å². The molecule has 43 heavy (non-hydrogen) atoms. The molecule has 0 aliphatic carbocycles. The molecule has 0 radical (unpaired) electrons. The maximum atomic E-state index is 13.7. The van der Waals surface area contributed by atoms with Crippen molar-refractivity contribution in [2.45, 2.75) is 25.0 Å². The lowest BCUT2D eigenvalue weighted by atomic mass is 9.97. The van der Waals surface area contributed by atoms with E-state index in [4.69, 9.17) is 21.1 Å². The van der Waals surface area contributed by atoms with Crippen LogP contribution >= 0.6 is 11.6 Å². The first kappa shape index (κ1) is 29.5. The zero-order valence-electron chi connectivity index (χ0n) is 24.0. The summed E-state index contributed by atoms with van der Waals surface area (Å²) in [4.78, 5) is 26.5. The summed E-state index contributed by atoms with van der Waals surface area (Å²) in [6, 6.07) is 8.06. The van der Waals surface area contributed by atoms with Crippen molar-refractivity contribution in [3.63, 3.8) is 0 Å². The minimum Gasteiger partial charge on any atom is -0.372 e. The van der Waals surface area contributed by atoms with E-state index in [1.54, 1.807) is 12.1 Å². The number of fused-ring (bicyclic) bond motifs is 2.